The average Bonchev–Trinajstić information content (AvgIpc) is 3.08. The van der Waals surface area contributed by atoms with Crippen LogP contribution in [-0.2, 0) is 11.2 Å². The van der Waals surface area contributed by atoms with E-state index in [9.17, 15) is 4.79 Å². The third-order valence-corrected chi connectivity index (χ3v) is 3.43. The molecule has 0 saturated heterocycles. The first-order valence-electron chi connectivity index (χ1n) is 6.03. The minimum Gasteiger partial charge on any atom is -0.481 e. The second kappa shape index (κ2) is 4.28. The molecule has 1 saturated carbocycles. The lowest BCUT2D eigenvalue weighted by molar-refractivity contribution is -0.137. The first-order valence-corrected chi connectivity index (χ1v) is 6.41. The summed E-state index contributed by atoms with van der Waals surface area (Å²) in [5.41, 5.74) is 1.91. The molecular weight excluding hydrogens is 252 g/mol. The average molecular weight is 265 g/mol. The summed E-state index contributed by atoms with van der Waals surface area (Å²) in [6.07, 6.45) is 2.86. The first kappa shape index (κ1) is 11.5. The van der Waals surface area contributed by atoms with Crippen molar-refractivity contribution >= 4 is 28.6 Å². The minimum atomic E-state index is -0.789. The molecule has 1 N–H and O–H groups in total. The number of carbonyl (C=O) groups is 1. The van der Waals surface area contributed by atoms with Gasteiger partial charge in [0.1, 0.15) is 5.82 Å². The zero-order valence-electron chi connectivity index (χ0n) is 9.77. The fourth-order valence-electron chi connectivity index (χ4n) is 2.25. The Labute approximate surface area is 109 Å². The van der Waals surface area contributed by atoms with Gasteiger partial charge in [0.05, 0.1) is 17.5 Å². The third kappa shape index (κ3) is 2.08. The monoisotopic (exact) mass is 264 g/mol. The molecule has 5 heteroatoms. The van der Waals surface area contributed by atoms with E-state index in [4.69, 9.17) is 16.7 Å². The third-order valence-electron chi connectivity index (χ3n) is 3.20. The van der Waals surface area contributed by atoms with Crippen molar-refractivity contribution in [2.75, 3.05) is 0 Å². The Balaban J connectivity index is 2.06. The Morgan fingerprint density at radius 1 is 1.50 bits per heavy atom. The predicted octanol–water partition coefficient (Wildman–Crippen LogP) is 3.04. The number of carboxylic acids is 1. The van der Waals surface area contributed by atoms with Gasteiger partial charge in [-0.15, -0.1) is 0 Å². The van der Waals surface area contributed by atoms with Gasteiger partial charge in [0.25, 0.3) is 0 Å². The van der Waals surface area contributed by atoms with Crippen molar-refractivity contribution in [3.05, 3.63) is 29.0 Å². The Kier molecular flexibility index (Phi) is 2.74. The highest BCUT2D eigenvalue weighted by Gasteiger charge is 2.28. The van der Waals surface area contributed by atoms with Crippen LogP contribution in [0.4, 0.5) is 0 Å². The molecule has 0 bridgehead atoms. The van der Waals surface area contributed by atoms with Gasteiger partial charge < -0.3 is 9.67 Å². The lowest BCUT2D eigenvalue weighted by atomic mass is 10.3. The molecule has 3 rings (SSSR count). The predicted molar refractivity (Wildman–Crippen MR) is 69.0 cm³/mol. The van der Waals surface area contributed by atoms with Crippen molar-refractivity contribution in [3.63, 3.8) is 0 Å². The van der Waals surface area contributed by atoms with Crippen LogP contribution in [0, 0.1) is 0 Å². The summed E-state index contributed by atoms with van der Waals surface area (Å²) in [5.74, 6) is 0.0691. The van der Waals surface area contributed by atoms with Crippen molar-refractivity contribution in [1.29, 1.82) is 0 Å². The number of fused-ring (bicyclic) bond motifs is 1. The number of aromatic nitrogens is 2. The number of nitrogens with zero attached hydrogens (tertiary/aromatic N) is 2. The summed E-state index contributed by atoms with van der Waals surface area (Å²) in [6, 6.07) is 6.08. The lowest BCUT2D eigenvalue weighted by Gasteiger charge is -2.06. The molecule has 0 amide bonds. The maximum Gasteiger partial charge on any atom is 0.303 e. The summed E-state index contributed by atoms with van der Waals surface area (Å²) >= 11 is 6.02. The van der Waals surface area contributed by atoms with Crippen LogP contribution in [0.2, 0.25) is 5.02 Å². The molecular formula is C13H13ClN2O2. The zero-order valence-corrected chi connectivity index (χ0v) is 10.5. The van der Waals surface area contributed by atoms with E-state index in [0.717, 1.165) is 29.7 Å². The number of rotatable bonds is 4. The molecule has 0 atom stereocenters. The number of aliphatic carboxylic acids is 1. The van der Waals surface area contributed by atoms with Crippen LogP contribution >= 0.6 is 11.6 Å². The number of hydrogen-bond acceptors (Lipinski definition) is 2. The van der Waals surface area contributed by atoms with Gasteiger partial charge in [0, 0.05) is 17.5 Å². The summed E-state index contributed by atoms with van der Waals surface area (Å²) < 4.78 is 2.16. The quantitative estimate of drug-likeness (QED) is 0.923. The van der Waals surface area contributed by atoms with Crippen LogP contribution in [0.5, 0.6) is 0 Å². The number of carboxylic acid groups (broad SMARTS) is 1. The molecule has 18 heavy (non-hydrogen) atoms. The van der Waals surface area contributed by atoms with Gasteiger partial charge in [0.2, 0.25) is 0 Å². The number of hydrogen-bond donors (Lipinski definition) is 1. The van der Waals surface area contributed by atoms with E-state index >= 15 is 0 Å². The van der Waals surface area contributed by atoms with Gasteiger partial charge in [-0.25, -0.2) is 4.98 Å². The molecule has 2 aromatic rings. The number of benzene rings is 1. The molecule has 4 nitrogen and oxygen atoms in total. The van der Waals surface area contributed by atoms with Crippen LogP contribution in [0.1, 0.15) is 31.1 Å². The molecule has 1 aliphatic carbocycles. The van der Waals surface area contributed by atoms with Crippen LogP contribution in [0.15, 0.2) is 18.2 Å². The van der Waals surface area contributed by atoms with E-state index < -0.39 is 5.97 Å². The zero-order chi connectivity index (χ0) is 12.7. The molecule has 1 aromatic carbocycles. The van der Waals surface area contributed by atoms with Crippen LogP contribution in [-0.4, -0.2) is 20.6 Å². The highest BCUT2D eigenvalue weighted by Crippen LogP contribution is 2.39. The topological polar surface area (TPSA) is 55.1 Å². The second-order valence-corrected chi connectivity index (χ2v) is 5.09. The molecule has 0 radical (unpaired) electrons. The minimum absolute atomic E-state index is 0.115. The fraction of sp³-hybridized carbons (Fsp3) is 0.385. The van der Waals surface area contributed by atoms with Crippen molar-refractivity contribution in [1.82, 2.24) is 9.55 Å². The normalized spacial score (nSPS) is 15.2. The van der Waals surface area contributed by atoms with Crippen LogP contribution in [0.3, 0.4) is 0 Å². The Hall–Kier alpha value is -1.55. The number of imidazole rings is 1. The van der Waals surface area contributed by atoms with Gasteiger partial charge in [-0.3, -0.25) is 4.79 Å². The highest BCUT2D eigenvalue weighted by atomic mass is 35.5. The molecule has 94 valence electrons. The van der Waals surface area contributed by atoms with Gasteiger partial charge >= 0.3 is 5.97 Å². The van der Waals surface area contributed by atoms with E-state index in [-0.39, 0.29) is 6.42 Å². The van der Waals surface area contributed by atoms with E-state index in [2.05, 4.69) is 9.55 Å². The molecule has 1 aliphatic rings. The molecule has 0 spiro atoms. The second-order valence-electron chi connectivity index (χ2n) is 4.66. The van der Waals surface area contributed by atoms with Gasteiger partial charge in [-0.1, -0.05) is 11.6 Å². The Morgan fingerprint density at radius 3 is 2.94 bits per heavy atom. The van der Waals surface area contributed by atoms with Gasteiger partial charge in [-0.05, 0) is 31.0 Å². The molecule has 1 heterocycles. The van der Waals surface area contributed by atoms with Crippen LogP contribution in [0.25, 0.3) is 11.0 Å². The van der Waals surface area contributed by atoms with Crippen molar-refractivity contribution in [3.8, 4) is 0 Å². The molecule has 1 fully saturated rings. The summed E-state index contributed by atoms with van der Waals surface area (Å²) in [5, 5.41) is 9.47. The van der Waals surface area contributed by atoms with Crippen molar-refractivity contribution in [2.24, 2.45) is 0 Å². The van der Waals surface area contributed by atoms with Gasteiger partial charge in [-0.2, -0.15) is 0 Å². The van der Waals surface area contributed by atoms with Crippen molar-refractivity contribution < 1.29 is 9.90 Å². The molecule has 0 aliphatic heterocycles. The molecule has 1 aromatic heterocycles. The van der Waals surface area contributed by atoms with Crippen LogP contribution < -0.4 is 0 Å². The van der Waals surface area contributed by atoms with Crippen molar-refractivity contribution in [2.45, 2.75) is 31.7 Å². The Bertz CT molecular complexity index is 617. The standard InChI is InChI=1S/C13H13ClN2O2/c14-8-1-4-10-11(7-8)16(9-2-3-9)12(15-10)5-6-13(17)18/h1,4,7,9H,2-3,5-6H2,(H,17,18). The SMILES string of the molecule is O=C(O)CCc1nc2ccc(Cl)cc2n1C1CC1. The van der Waals surface area contributed by atoms with Gasteiger partial charge in [0.15, 0.2) is 0 Å². The Morgan fingerprint density at radius 2 is 2.28 bits per heavy atom. The number of aryl methyl sites for hydroxylation is 1. The van der Waals surface area contributed by atoms with E-state index in [1.165, 1.54) is 0 Å². The summed E-state index contributed by atoms with van der Waals surface area (Å²) in [4.78, 5) is 15.2. The largest absolute Gasteiger partial charge is 0.481 e. The lowest BCUT2D eigenvalue weighted by Crippen LogP contribution is -2.05. The fourth-order valence-corrected chi connectivity index (χ4v) is 2.42. The van der Waals surface area contributed by atoms with E-state index in [0.29, 0.717) is 17.5 Å². The molecule has 0 unspecified atom stereocenters. The maximum absolute atomic E-state index is 10.7. The smallest absolute Gasteiger partial charge is 0.303 e. The highest BCUT2D eigenvalue weighted by molar-refractivity contribution is 6.31. The van der Waals surface area contributed by atoms with E-state index in [1.807, 2.05) is 18.2 Å². The summed E-state index contributed by atoms with van der Waals surface area (Å²) in [6.45, 7) is 0. The first-order chi connectivity index (χ1) is 8.65. The van der Waals surface area contributed by atoms with E-state index in [1.54, 1.807) is 0 Å². The number of halogens is 1. The summed E-state index contributed by atoms with van der Waals surface area (Å²) in [7, 11) is 0. The maximum atomic E-state index is 10.7.